The molecule has 0 unspecified atom stereocenters. The molecular formula is C7H14ClNO3. The number of halogens is 1. The van der Waals surface area contributed by atoms with Crippen molar-refractivity contribution < 1.29 is 14.6 Å². The topological polar surface area (TPSA) is 58.6 Å². The van der Waals surface area contributed by atoms with Gasteiger partial charge in [0.25, 0.3) is 0 Å². The number of aliphatic hydroxyl groups excluding tert-OH is 1. The fourth-order valence-electron chi connectivity index (χ4n) is 0.526. The Bertz CT molecular complexity index is 151. The lowest BCUT2D eigenvalue weighted by atomic mass is 10.2. The Morgan fingerprint density at radius 2 is 2.17 bits per heavy atom. The standard InChI is InChI=1S/C7H14ClNO3/c1-7(2,3)12-6(11)5(4-10)9-8/h5,9-10H,4H2,1-3H3/t5-/m0/s1. The lowest BCUT2D eigenvalue weighted by Gasteiger charge is -2.22. The molecule has 0 fully saturated rings. The monoisotopic (exact) mass is 195 g/mol. The lowest BCUT2D eigenvalue weighted by Crippen LogP contribution is -2.39. The van der Waals surface area contributed by atoms with Crippen LogP contribution >= 0.6 is 11.8 Å². The zero-order chi connectivity index (χ0) is 9.78. The molecule has 72 valence electrons. The van der Waals surface area contributed by atoms with Crippen molar-refractivity contribution in [3.63, 3.8) is 0 Å². The van der Waals surface area contributed by atoms with Gasteiger partial charge in [-0.25, -0.2) is 4.84 Å². The molecule has 0 aromatic carbocycles. The van der Waals surface area contributed by atoms with Crippen LogP contribution in [0.5, 0.6) is 0 Å². The Balaban J connectivity index is 4.02. The van der Waals surface area contributed by atoms with Crippen molar-refractivity contribution in [3.05, 3.63) is 0 Å². The van der Waals surface area contributed by atoms with Gasteiger partial charge >= 0.3 is 5.97 Å². The molecule has 0 aromatic rings. The first-order valence-corrected chi connectivity index (χ1v) is 3.98. The van der Waals surface area contributed by atoms with Gasteiger partial charge in [-0.3, -0.25) is 4.79 Å². The van der Waals surface area contributed by atoms with Gasteiger partial charge in [0.2, 0.25) is 0 Å². The van der Waals surface area contributed by atoms with Crippen molar-refractivity contribution in [2.45, 2.75) is 32.4 Å². The van der Waals surface area contributed by atoms with Crippen LogP contribution < -0.4 is 4.84 Å². The van der Waals surface area contributed by atoms with E-state index in [0.29, 0.717) is 0 Å². The highest BCUT2D eigenvalue weighted by Crippen LogP contribution is 2.08. The van der Waals surface area contributed by atoms with Crippen molar-refractivity contribution in [1.82, 2.24) is 4.84 Å². The molecule has 1 atom stereocenters. The van der Waals surface area contributed by atoms with Crippen LogP contribution in [0.2, 0.25) is 0 Å². The van der Waals surface area contributed by atoms with Gasteiger partial charge in [-0.15, -0.1) is 0 Å². The molecule has 0 rings (SSSR count). The third kappa shape index (κ3) is 4.54. The normalized spacial score (nSPS) is 14.1. The Hall–Kier alpha value is -0.320. The average Bonchev–Trinajstić information content (AvgIpc) is 1.85. The molecular weight excluding hydrogens is 182 g/mol. The summed E-state index contributed by atoms with van der Waals surface area (Å²) in [6.45, 7) is 4.85. The number of rotatable bonds is 3. The fourth-order valence-corrected chi connectivity index (χ4v) is 0.685. The van der Waals surface area contributed by atoms with Crippen molar-refractivity contribution in [2.75, 3.05) is 6.61 Å². The summed E-state index contributed by atoms with van der Waals surface area (Å²) in [7, 11) is 0. The second-order valence-corrected chi connectivity index (χ2v) is 3.60. The Labute approximate surface area is 77.0 Å². The van der Waals surface area contributed by atoms with Crippen LogP contribution in [0.15, 0.2) is 0 Å². The predicted octanol–water partition coefficient (Wildman–Crippen LogP) is 0.432. The van der Waals surface area contributed by atoms with E-state index < -0.39 is 17.6 Å². The smallest absolute Gasteiger partial charge is 0.327 e. The van der Waals surface area contributed by atoms with Gasteiger partial charge in [-0.2, -0.15) is 0 Å². The maximum Gasteiger partial charge on any atom is 0.327 e. The molecule has 5 heteroatoms. The first-order chi connectivity index (χ1) is 5.40. The maximum atomic E-state index is 11.1. The zero-order valence-corrected chi connectivity index (χ0v) is 8.18. The van der Waals surface area contributed by atoms with Gasteiger partial charge in [0, 0.05) is 0 Å². The Morgan fingerprint density at radius 3 is 2.42 bits per heavy atom. The SMILES string of the molecule is CC(C)(C)OC(=O)[C@H](CO)NCl. The number of carbonyl (C=O) groups is 1. The molecule has 2 N–H and O–H groups in total. The summed E-state index contributed by atoms with van der Waals surface area (Å²) >= 11 is 5.18. The Kier molecular flexibility index (Phi) is 4.52. The highest BCUT2D eigenvalue weighted by Gasteiger charge is 2.23. The minimum atomic E-state index is -0.856. The average molecular weight is 196 g/mol. The predicted molar refractivity (Wildman–Crippen MR) is 45.7 cm³/mol. The molecule has 4 nitrogen and oxygen atoms in total. The van der Waals surface area contributed by atoms with Crippen LogP contribution in [0, 0.1) is 0 Å². The fraction of sp³-hybridized carbons (Fsp3) is 0.857. The number of aliphatic hydroxyl groups is 1. The lowest BCUT2D eigenvalue weighted by molar-refractivity contribution is -0.157. The second-order valence-electron chi connectivity index (χ2n) is 3.38. The molecule has 0 bridgehead atoms. The van der Waals surface area contributed by atoms with E-state index in [0.717, 1.165) is 0 Å². The van der Waals surface area contributed by atoms with Gasteiger partial charge < -0.3 is 9.84 Å². The summed E-state index contributed by atoms with van der Waals surface area (Å²) in [6.07, 6.45) is 0. The van der Waals surface area contributed by atoms with E-state index in [-0.39, 0.29) is 6.61 Å². The van der Waals surface area contributed by atoms with Gasteiger partial charge in [-0.05, 0) is 32.5 Å². The van der Waals surface area contributed by atoms with Crippen LogP contribution in [0.1, 0.15) is 20.8 Å². The largest absolute Gasteiger partial charge is 0.459 e. The van der Waals surface area contributed by atoms with Crippen molar-refractivity contribution in [1.29, 1.82) is 0 Å². The number of ether oxygens (including phenoxy) is 1. The van der Waals surface area contributed by atoms with Gasteiger partial charge in [-0.1, -0.05) is 0 Å². The zero-order valence-electron chi connectivity index (χ0n) is 7.43. The summed E-state index contributed by atoms with van der Waals surface area (Å²) in [5.74, 6) is -0.556. The van der Waals surface area contributed by atoms with Crippen LogP contribution in [-0.4, -0.2) is 29.3 Å². The van der Waals surface area contributed by atoms with E-state index in [1.54, 1.807) is 20.8 Å². The highest BCUT2D eigenvalue weighted by atomic mass is 35.5. The summed E-state index contributed by atoms with van der Waals surface area (Å²) in [4.78, 5) is 13.2. The Morgan fingerprint density at radius 1 is 1.67 bits per heavy atom. The third-order valence-electron chi connectivity index (χ3n) is 1.01. The molecule has 0 aliphatic heterocycles. The molecule has 0 aromatic heterocycles. The van der Waals surface area contributed by atoms with Crippen LogP contribution in [0.25, 0.3) is 0 Å². The highest BCUT2D eigenvalue weighted by molar-refractivity contribution is 6.14. The second kappa shape index (κ2) is 4.64. The summed E-state index contributed by atoms with van der Waals surface area (Å²) in [6, 6.07) is -0.856. The van der Waals surface area contributed by atoms with Crippen LogP contribution in [-0.2, 0) is 9.53 Å². The number of esters is 1. The minimum absolute atomic E-state index is 0.377. The molecule has 0 aliphatic rings. The van der Waals surface area contributed by atoms with Gasteiger partial charge in [0.05, 0.1) is 6.61 Å². The number of nitrogens with one attached hydrogen (secondary N) is 1. The van der Waals surface area contributed by atoms with E-state index in [1.165, 1.54) is 0 Å². The number of hydrogen-bond donors (Lipinski definition) is 2. The van der Waals surface area contributed by atoms with E-state index in [9.17, 15) is 4.79 Å². The van der Waals surface area contributed by atoms with Crippen molar-refractivity contribution in [3.8, 4) is 0 Å². The maximum absolute atomic E-state index is 11.1. The van der Waals surface area contributed by atoms with E-state index in [1.807, 2.05) is 0 Å². The first-order valence-electron chi connectivity index (χ1n) is 3.60. The quantitative estimate of drug-likeness (QED) is 0.507. The number of hydrogen-bond acceptors (Lipinski definition) is 4. The molecule has 0 spiro atoms. The molecule has 0 saturated carbocycles. The molecule has 0 amide bonds. The van der Waals surface area contributed by atoms with E-state index in [2.05, 4.69) is 4.84 Å². The van der Waals surface area contributed by atoms with Crippen LogP contribution in [0.3, 0.4) is 0 Å². The van der Waals surface area contributed by atoms with Gasteiger partial charge in [0.1, 0.15) is 11.6 Å². The van der Waals surface area contributed by atoms with Crippen molar-refractivity contribution in [2.24, 2.45) is 0 Å². The van der Waals surface area contributed by atoms with Crippen LogP contribution in [0.4, 0.5) is 0 Å². The van der Waals surface area contributed by atoms with Gasteiger partial charge in [0.15, 0.2) is 0 Å². The van der Waals surface area contributed by atoms with Crippen molar-refractivity contribution >= 4 is 17.7 Å². The first kappa shape index (κ1) is 11.7. The minimum Gasteiger partial charge on any atom is -0.459 e. The third-order valence-corrected chi connectivity index (χ3v) is 1.27. The molecule has 0 radical (unpaired) electrons. The molecule has 12 heavy (non-hydrogen) atoms. The van der Waals surface area contributed by atoms with E-state index in [4.69, 9.17) is 21.6 Å². The van der Waals surface area contributed by atoms with E-state index >= 15 is 0 Å². The molecule has 0 heterocycles. The summed E-state index contributed by atoms with van der Waals surface area (Å²) in [5, 5.41) is 8.65. The summed E-state index contributed by atoms with van der Waals surface area (Å²) in [5.41, 5.74) is -0.557. The molecule has 0 saturated heterocycles. The summed E-state index contributed by atoms with van der Waals surface area (Å²) < 4.78 is 4.94. The molecule has 0 aliphatic carbocycles. The number of carbonyl (C=O) groups excluding carboxylic acids is 1.